The molecule has 6 N–H and O–H groups in total. The van der Waals surface area contributed by atoms with Gasteiger partial charge in [-0.1, -0.05) is 92.7 Å². The number of benzene rings is 4. The maximum Gasteiger partial charge on any atom is 0.416 e. The van der Waals surface area contributed by atoms with Crippen LogP contribution in [0.25, 0.3) is 10.9 Å². The molecule has 0 unspecified atom stereocenters. The number of nitrogens with two attached hydrogens (primary N) is 1. The number of nitrogens with zero attached hydrogens (tertiary/aromatic N) is 1. The number of likely N-dealkylation sites (tertiary alicyclic amines) is 1. The summed E-state index contributed by atoms with van der Waals surface area (Å²) >= 11 is 0. The van der Waals surface area contributed by atoms with Crippen molar-refractivity contribution in [3.8, 4) is 0 Å². The van der Waals surface area contributed by atoms with Crippen molar-refractivity contribution < 1.29 is 55.1 Å². The molecular weight excluding hydrogens is 918 g/mol. The minimum absolute atomic E-state index is 0. The van der Waals surface area contributed by atoms with Gasteiger partial charge in [0, 0.05) is 36.5 Å². The van der Waals surface area contributed by atoms with Gasteiger partial charge in [0.2, 0.25) is 23.6 Å². The first kappa shape index (κ1) is 52.6. The normalized spacial score (nSPS) is 15.7. The second-order valence-corrected chi connectivity index (χ2v) is 17.1. The fourth-order valence-electron chi connectivity index (χ4n) is 8.11. The quantitative estimate of drug-likeness (QED) is 0.0455. The first-order valence-corrected chi connectivity index (χ1v) is 21.8. The molecular formula is C49H53ClF6N6O6. The number of aromatic amines is 1. The molecule has 2 heterocycles. The van der Waals surface area contributed by atoms with Crippen LogP contribution in [-0.2, 0) is 66.9 Å². The molecule has 4 aromatic carbocycles. The van der Waals surface area contributed by atoms with Crippen LogP contribution in [0.1, 0.15) is 66.5 Å². The third-order valence-corrected chi connectivity index (χ3v) is 11.4. The molecule has 1 saturated heterocycles. The molecule has 364 valence electrons. The van der Waals surface area contributed by atoms with Gasteiger partial charge in [-0.25, -0.2) is 4.79 Å². The van der Waals surface area contributed by atoms with E-state index >= 15 is 0 Å². The molecule has 0 aliphatic carbocycles. The lowest BCUT2D eigenvalue weighted by atomic mass is 10.00. The molecule has 5 aromatic rings. The van der Waals surface area contributed by atoms with Crippen molar-refractivity contribution in [2.45, 2.75) is 102 Å². The Morgan fingerprint density at radius 3 is 1.90 bits per heavy atom. The Kier molecular flexibility index (Phi) is 17.8. The molecule has 0 radical (unpaired) electrons. The van der Waals surface area contributed by atoms with Crippen LogP contribution >= 0.6 is 12.4 Å². The summed E-state index contributed by atoms with van der Waals surface area (Å²) in [6.07, 6.45) is -7.88. The number of ether oxygens (including phenoxy) is 1. The number of nitrogens with one attached hydrogen (secondary N) is 4. The van der Waals surface area contributed by atoms with Crippen LogP contribution in [0.15, 0.2) is 109 Å². The van der Waals surface area contributed by atoms with Crippen molar-refractivity contribution in [1.29, 1.82) is 0 Å². The van der Waals surface area contributed by atoms with Crippen molar-refractivity contribution >= 4 is 52.9 Å². The molecule has 12 nitrogen and oxygen atoms in total. The van der Waals surface area contributed by atoms with E-state index in [9.17, 15) is 50.3 Å². The van der Waals surface area contributed by atoms with Crippen molar-refractivity contribution in [2.75, 3.05) is 6.54 Å². The summed E-state index contributed by atoms with van der Waals surface area (Å²) < 4.78 is 87.0. The molecule has 68 heavy (non-hydrogen) atoms. The largest absolute Gasteiger partial charge is 0.459 e. The number of hydrogen-bond acceptors (Lipinski definition) is 7. The topological polar surface area (TPSA) is 176 Å². The number of hydrogen-bond donors (Lipinski definition) is 5. The number of halogens is 7. The Bertz CT molecular complexity index is 2490. The SMILES string of the molecule is CC(C)C[C@H](NC(=O)[C@@H]1CCCN1C(=O)[C@H](Cc1ccccc1)NC(=O)[C@@H](N)Cc1ccccc1)C(=O)N[C@@H](Cc1c[nH]c2ccccc12)C(=O)OCc1cc(C(F)(F)F)cc(C(F)(F)F)c1.Cl. The monoisotopic (exact) mass is 970 g/mol. The predicted molar refractivity (Wildman–Crippen MR) is 244 cm³/mol. The van der Waals surface area contributed by atoms with E-state index in [0.717, 1.165) is 11.1 Å². The summed E-state index contributed by atoms with van der Waals surface area (Å²) in [5.74, 6) is -3.96. The Labute approximate surface area is 395 Å². The van der Waals surface area contributed by atoms with E-state index in [4.69, 9.17) is 10.5 Å². The second-order valence-electron chi connectivity index (χ2n) is 17.1. The number of esters is 1. The summed E-state index contributed by atoms with van der Waals surface area (Å²) in [6, 6.07) is 20.0. The van der Waals surface area contributed by atoms with Crippen LogP contribution in [0, 0.1) is 5.92 Å². The van der Waals surface area contributed by atoms with Crippen molar-refractivity contribution in [3.63, 3.8) is 0 Å². The minimum Gasteiger partial charge on any atom is -0.459 e. The van der Waals surface area contributed by atoms with Crippen LogP contribution in [-0.4, -0.2) is 76.2 Å². The zero-order valence-corrected chi connectivity index (χ0v) is 38.0. The standard InChI is InChI=1S/C49H52F6N6O6.ClH/c1-29(2)20-39(58-45(64)42-18-11-19-61(42)46(65)40(24-31-14-7-4-8-15-31)59-43(62)37(56)23-30-12-5-3-6-13-30)44(63)60-41(25-33-27-57-38-17-10-9-16-36(33)38)47(66)67-28-32-21-34(48(50,51)52)26-35(22-32)49(53,54)55;/h3-10,12-17,21-22,26-27,29,37,39-42,57H,11,18-20,23-25,28,56H2,1-2H3,(H,58,64)(H,59,62)(H,60,63);1H/t37-,39-,40-,41-,42-;/m0./s1. The maximum atomic E-state index is 14.4. The molecule has 5 atom stereocenters. The predicted octanol–water partition coefficient (Wildman–Crippen LogP) is 7.22. The van der Waals surface area contributed by atoms with Gasteiger partial charge in [0.1, 0.15) is 30.8 Å². The van der Waals surface area contributed by atoms with Crippen LogP contribution in [0.3, 0.4) is 0 Å². The Morgan fingerprint density at radius 2 is 1.29 bits per heavy atom. The highest BCUT2D eigenvalue weighted by molar-refractivity contribution is 5.96. The van der Waals surface area contributed by atoms with E-state index in [0.29, 0.717) is 35.0 Å². The molecule has 1 aliphatic heterocycles. The lowest BCUT2D eigenvalue weighted by Gasteiger charge is -2.31. The average molecular weight is 971 g/mol. The van der Waals surface area contributed by atoms with Gasteiger partial charge < -0.3 is 36.3 Å². The van der Waals surface area contributed by atoms with Crippen LogP contribution < -0.4 is 21.7 Å². The fraction of sp³-hybridized carbons (Fsp3) is 0.367. The van der Waals surface area contributed by atoms with Gasteiger partial charge in [0.05, 0.1) is 17.2 Å². The van der Waals surface area contributed by atoms with Gasteiger partial charge in [-0.2, -0.15) is 26.3 Å². The molecule has 4 amide bonds. The number of carbonyl (C=O) groups excluding carboxylic acids is 5. The van der Waals surface area contributed by atoms with Gasteiger partial charge in [0.25, 0.3) is 0 Å². The Balaban J connectivity index is 0.00000864. The van der Waals surface area contributed by atoms with E-state index in [1.165, 1.54) is 4.90 Å². The van der Waals surface area contributed by atoms with Crippen LogP contribution in [0.2, 0.25) is 0 Å². The number of rotatable bonds is 18. The minimum atomic E-state index is -5.14. The van der Waals surface area contributed by atoms with Crippen LogP contribution in [0.4, 0.5) is 26.3 Å². The second kappa shape index (κ2) is 23.1. The van der Waals surface area contributed by atoms with E-state index in [2.05, 4.69) is 20.9 Å². The van der Waals surface area contributed by atoms with Gasteiger partial charge in [-0.15, -0.1) is 12.4 Å². The molecule has 0 spiro atoms. The highest BCUT2D eigenvalue weighted by Gasteiger charge is 2.41. The number of fused-ring (bicyclic) bond motifs is 1. The number of para-hydroxylation sites is 1. The highest BCUT2D eigenvalue weighted by Crippen LogP contribution is 2.36. The highest BCUT2D eigenvalue weighted by atomic mass is 35.5. The summed E-state index contributed by atoms with van der Waals surface area (Å²) in [4.78, 5) is 74.5. The summed E-state index contributed by atoms with van der Waals surface area (Å²) in [5.41, 5.74) is 5.30. The summed E-state index contributed by atoms with van der Waals surface area (Å²) in [6.45, 7) is 2.76. The molecule has 19 heteroatoms. The van der Waals surface area contributed by atoms with E-state index in [-0.39, 0.29) is 63.0 Å². The lowest BCUT2D eigenvalue weighted by molar-refractivity contribution is -0.149. The van der Waals surface area contributed by atoms with Crippen molar-refractivity contribution in [3.05, 3.63) is 143 Å². The third-order valence-electron chi connectivity index (χ3n) is 11.4. The molecule has 1 aromatic heterocycles. The van der Waals surface area contributed by atoms with Gasteiger partial charge in [-0.3, -0.25) is 19.2 Å². The Morgan fingerprint density at radius 1 is 0.721 bits per heavy atom. The molecule has 0 saturated carbocycles. The third kappa shape index (κ3) is 14.1. The fourth-order valence-corrected chi connectivity index (χ4v) is 8.11. The number of aromatic nitrogens is 1. The maximum absolute atomic E-state index is 14.4. The summed E-state index contributed by atoms with van der Waals surface area (Å²) in [5, 5.41) is 8.85. The molecule has 0 bridgehead atoms. The number of H-pyrrole nitrogens is 1. The van der Waals surface area contributed by atoms with Crippen molar-refractivity contribution in [1.82, 2.24) is 25.8 Å². The molecule has 6 rings (SSSR count). The average Bonchev–Trinajstić information content (AvgIpc) is 3.95. The molecule has 1 aliphatic rings. The van der Waals surface area contributed by atoms with Gasteiger partial charge >= 0.3 is 18.3 Å². The number of alkyl halides is 6. The summed E-state index contributed by atoms with van der Waals surface area (Å²) in [7, 11) is 0. The zero-order chi connectivity index (χ0) is 48.5. The number of carbonyl (C=O) groups is 5. The lowest BCUT2D eigenvalue weighted by Crippen LogP contribution is -2.58. The van der Waals surface area contributed by atoms with Gasteiger partial charge in [0.15, 0.2) is 0 Å². The van der Waals surface area contributed by atoms with E-state index in [1.54, 1.807) is 68.6 Å². The first-order valence-electron chi connectivity index (χ1n) is 21.8. The number of amides is 4. The zero-order valence-electron chi connectivity index (χ0n) is 37.2. The van der Waals surface area contributed by atoms with E-state index < -0.39 is 95.5 Å². The first-order chi connectivity index (χ1) is 31.8. The van der Waals surface area contributed by atoms with Crippen molar-refractivity contribution in [2.24, 2.45) is 11.7 Å². The Hall–Kier alpha value is -6.40. The molecule has 1 fully saturated rings. The van der Waals surface area contributed by atoms with Crippen LogP contribution in [0.5, 0.6) is 0 Å². The van der Waals surface area contributed by atoms with Gasteiger partial charge in [-0.05, 0) is 78.1 Å². The smallest absolute Gasteiger partial charge is 0.416 e. The van der Waals surface area contributed by atoms with E-state index in [1.807, 2.05) is 36.4 Å².